The number of rotatable bonds is 6. The van der Waals surface area contributed by atoms with Gasteiger partial charge in [-0.3, -0.25) is 0 Å². The van der Waals surface area contributed by atoms with E-state index in [2.05, 4.69) is 12.6 Å². The number of esters is 1. The molecule has 1 rings (SSSR count). The van der Waals surface area contributed by atoms with Crippen molar-refractivity contribution in [1.82, 2.24) is 0 Å². The zero-order valence-electron chi connectivity index (χ0n) is 11.6. The van der Waals surface area contributed by atoms with Gasteiger partial charge < -0.3 is 9.05 Å². The van der Waals surface area contributed by atoms with Crippen LogP contribution in [0.5, 0.6) is 0 Å². The molecule has 22 heavy (non-hydrogen) atoms. The Hall–Kier alpha value is -1.36. The molecular formula is C14H12BClFNO2S2. The van der Waals surface area contributed by atoms with E-state index in [0.29, 0.717) is 22.1 Å². The minimum Gasteiger partial charge on any atom is -0.462 e. The molecule has 0 heterocycles. The number of thiol groups is 1. The lowest BCUT2D eigenvalue weighted by Gasteiger charge is -2.09. The van der Waals surface area contributed by atoms with Gasteiger partial charge in [-0.05, 0) is 30.2 Å². The van der Waals surface area contributed by atoms with Gasteiger partial charge in [-0.25, -0.2) is 4.79 Å². The van der Waals surface area contributed by atoms with Gasteiger partial charge in [0.2, 0.25) is 0 Å². The van der Waals surface area contributed by atoms with Crippen LogP contribution in [0, 0.1) is 10.7 Å². The molecule has 0 aliphatic rings. The molecule has 0 N–H and O–H groups in total. The second kappa shape index (κ2) is 9.62. The van der Waals surface area contributed by atoms with Gasteiger partial charge in [0.25, 0.3) is 0 Å². The maximum Gasteiger partial charge on any atom is 0.471 e. The van der Waals surface area contributed by atoms with E-state index in [9.17, 15) is 9.11 Å². The molecule has 0 radical (unpaired) electrons. The Balaban J connectivity index is 3.28. The maximum absolute atomic E-state index is 13.6. The van der Waals surface area contributed by atoms with Crippen molar-refractivity contribution in [2.24, 2.45) is 0 Å². The van der Waals surface area contributed by atoms with E-state index in [4.69, 9.17) is 21.6 Å². The molecular weight excluding hydrogens is 344 g/mol. The molecule has 114 valence electrons. The van der Waals surface area contributed by atoms with Crippen LogP contribution >= 0.6 is 35.8 Å². The van der Waals surface area contributed by atoms with Crippen LogP contribution in [0.3, 0.4) is 0 Å². The van der Waals surface area contributed by atoms with Crippen molar-refractivity contribution in [3.05, 3.63) is 52.5 Å². The number of thiocyanates is 1. The van der Waals surface area contributed by atoms with E-state index >= 15 is 0 Å². The second-order valence-electron chi connectivity index (χ2n) is 3.90. The Bertz CT molecular complexity index is 631. The summed E-state index contributed by atoms with van der Waals surface area (Å²) < 4.78 is 18.6. The van der Waals surface area contributed by atoms with Crippen LogP contribution in [0.4, 0.5) is 4.32 Å². The van der Waals surface area contributed by atoms with Crippen molar-refractivity contribution >= 4 is 53.0 Å². The molecule has 0 saturated heterocycles. The number of halogens is 2. The average molecular weight is 356 g/mol. The zero-order chi connectivity index (χ0) is 16.5. The number of ether oxygens (including phenoxy) is 1. The number of nitriles is 1. The molecule has 8 heteroatoms. The normalized spacial score (nSPS) is 12.2. The minimum atomic E-state index is -1.74. The molecule has 0 aromatic heterocycles. The Labute approximate surface area is 143 Å². The van der Waals surface area contributed by atoms with Crippen molar-refractivity contribution in [2.75, 3.05) is 6.61 Å². The van der Waals surface area contributed by atoms with Crippen LogP contribution in [-0.2, 0) is 9.53 Å². The number of hydrogen-bond donors (Lipinski definition) is 1. The van der Waals surface area contributed by atoms with Gasteiger partial charge in [0, 0.05) is 9.84 Å². The minimum absolute atomic E-state index is 0.0302. The highest BCUT2D eigenvalue weighted by Gasteiger charge is 2.23. The van der Waals surface area contributed by atoms with Gasteiger partial charge in [0.15, 0.2) is 0 Å². The van der Waals surface area contributed by atoms with Crippen molar-refractivity contribution in [3.8, 4) is 5.40 Å². The van der Waals surface area contributed by atoms with Crippen molar-refractivity contribution in [2.45, 2.75) is 6.92 Å². The lowest BCUT2D eigenvalue weighted by Crippen LogP contribution is -2.09. The summed E-state index contributed by atoms with van der Waals surface area (Å²) in [5, 5.41) is 10.1. The third-order valence-corrected chi connectivity index (χ3v) is 3.95. The van der Waals surface area contributed by atoms with Gasteiger partial charge in [-0.15, -0.1) is 12.6 Å². The highest BCUT2D eigenvalue weighted by Crippen LogP contribution is 2.28. The largest absolute Gasteiger partial charge is 0.471 e. The zero-order valence-corrected chi connectivity index (χ0v) is 14.1. The lowest BCUT2D eigenvalue weighted by molar-refractivity contribution is -0.138. The van der Waals surface area contributed by atoms with E-state index in [1.54, 1.807) is 36.6 Å². The highest BCUT2D eigenvalue weighted by atomic mass is 35.5. The Morgan fingerprint density at radius 3 is 2.73 bits per heavy atom. The number of nitrogens with zero attached hydrogens (tertiary/aromatic N) is 1. The van der Waals surface area contributed by atoms with E-state index in [1.165, 1.54) is 0 Å². The van der Waals surface area contributed by atoms with Gasteiger partial charge in [-0.1, -0.05) is 41.9 Å². The summed E-state index contributed by atoms with van der Waals surface area (Å²) in [6.45, 7) is 1.82. The summed E-state index contributed by atoms with van der Waals surface area (Å²) in [4.78, 5) is 12.1. The molecule has 0 saturated carbocycles. The quantitative estimate of drug-likeness (QED) is 0.207. The van der Waals surface area contributed by atoms with E-state index in [0.717, 1.165) is 6.08 Å². The summed E-state index contributed by atoms with van der Waals surface area (Å²) in [7, 11) is 0. The van der Waals surface area contributed by atoms with Crippen molar-refractivity contribution < 1.29 is 13.8 Å². The first-order valence-corrected chi connectivity index (χ1v) is 7.93. The molecule has 0 amide bonds. The lowest BCUT2D eigenvalue weighted by atomic mass is 9.99. The third kappa shape index (κ3) is 5.45. The molecule has 0 aliphatic heterocycles. The first kappa shape index (κ1) is 18.7. The number of carbonyl (C=O) groups excluding carboxylic acids is 1. The maximum atomic E-state index is 13.6. The topological polar surface area (TPSA) is 50.1 Å². The molecule has 0 unspecified atom stereocenters. The van der Waals surface area contributed by atoms with Crippen LogP contribution in [0.1, 0.15) is 12.5 Å². The fourth-order valence-electron chi connectivity index (χ4n) is 1.49. The SMILES string of the molecule is CCOC(=O)C(/C=C(/Cl)B(F)SC#N)=C(/S)c1ccccc1. The number of benzene rings is 1. The fourth-order valence-corrected chi connectivity index (χ4v) is 2.31. The standard InChI is InChI=1S/C14H12BClFNO2S2/c1-2-20-14(19)11(8-12(16)15(17)22-9-18)13(21)10-6-4-3-5-7-10/h3-8,21H,2H2,1H3/b12-8+,13-11+. The van der Waals surface area contributed by atoms with Crippen molar-refractivity contribution in [3.63, 3.8) is 0 Å². The Morgan fingerprint density at radius 1 is 1.55 bits per heavy atom. The smallest absolute Gasteiger partial charge is 0.462 e. The van der Waals surface area contributed by atoms with E-state index < -0.39 is 12.2 Å². The molecule has 1 aromatic carbocycles. The van der Waals surface area contributed by atoms with Crippen LogP contribution in [-0.4, -0.2) is 18.8 Å². The summed E-state index contributed by atoms with van der Waals surface area (Å²) in [6.07, 6.45) is -0.600. The summed E-state index contributed by atoms with van der Waals surface area (Å²) in [5.41, 5.74) is 0.695. The molecule has 1 aromatic rings. The predicted octanol–water partition coefficient (Wildman–Crippen LogP) is 4.22. The third-order valence-electron chi connectivity index (χ3n) is 2.45. The van der Waals surface area contributed by atoms with E-state index in [1.807, 2.05) is 6.07 Å². The highest BCUT2D eigenvalue weighted by molar-refractivity contribution is 8.29. The Kier molecular flexibility index (Phi) is 8.17. The summed E-state index contributed by atoms with van der Waals surface area (Å²) in [5.74, 6) is -0.663. The van der Waals surface area contributed by atoms with E-state index in [-0.39, 0.29) is 17.1 Å². The summed E-state index contributed by atoms with van der Waals surface area (Å²) in [6, 6.07) is 8.88. The van der Waals surface area contributed by atoms with Gasteiger partial charge in [0.1, 0.15) is 5.40 Å². The number of carbonyl (C=O) groups is 1. The first-order chi connectivity index (χ1) is 10.5. The van der Waals surface area contributed by atoms with Crippen LogP contribution in [0.25, 0.3) is 4.91 Å². The first-order valence-electron chi connectivity index (χ1n) is 6.22. The molecule has 0 aliphatic carbocycles. The Morgan fingerprint density at radius 2 is 2.18 bits per heavy atom. The van der Waals surface area contributed by atoms with Crippen LogP contribution in [0.2, 0.25) is 0 Å². The van der Waals surface area contributed by atoms with Crippen molar-refractivity contribution in [1.29, 1.82) is 5.26 Å². The molecule has 0 bridgehead atoms. The van der Waals surface area contributed by atoms with Gasteiger partial charge in [-0.2, -0.15) is 5.26 Å². The average Bonchev–Trinajstić information content (AvgIpc) is 2.53. The molecule has 0 atom stereocenters. The molecule has 0 fully saturated rings. The fraction of sp³-hybridized carbons (Fsp3) is 0.143. The van der Waals surface area contributed by atoms with Gasteiger partial charge >= 0.3 is 12.2 Å². The molecule has 3 nitrogen and oxygen atoms in total. The van der Waals surface area contributed by atoms with Crippen LogP contribution in [0.15, 0.2) is 46.9 Å². The predicted molar refractivity (Wildman–Crippen MR) is 93.0 cm³/mol. The second-order valence-corrected chi connectivity index (χ2v) is 5.62. The monoisotopic (exact) mass is 355 g/mol. The summed E-state index contributed by atoms with van der Waals surface area (Å²) >= 11 is 10.5. The molecule has 0 spiro atoms. The van der Waals surface area contributed by atoms with Crippen LogP contribution < -0.4 is 0 Å². The number of hydrogen-bond acceptors (Lipinski definition) is 5. The van der Waals surface area contributed by atoms with Gasteiger partial charge in [0.05, 0.1) is 12.2 Å².